The molecular weight excluding hydrogens is 419 g/mol. The van der Waals surface area contributed by atoms with Crippen molar-refractivity contribution in [3.05, 3.63) is 65.4 Å². The van der Waals surface area contributed by atoms with Crippen molar-refractivity contribution >= 4 is 5.91 Å². The van der Waals surface area contributed by atoms with Gasteiger partial charge in [-0.1, -0.05) is 30.3 Å². The zero-order chi connectivity index (χ0) is 23.0. The molecule has 1 aliphatic rings. The molecule has 0 bridgehead atoms. The Morgan fingerprint density at radius 1 is 1.12 bits per heavy atom. The number of aromatic nitrogens is 1. The summed E-state index contributed by atoms with van der Waals surface area (Å²) in [6, 6.07) is 13.4. The summed E-state index contributed by atoms with van der Waals surface area (Å²) < 4.78 is 44.5. The topological polar surface area (TPSA) is 69.3 Å². The second kappa shape index (κ2) is 8.35. The summed E-state index contributed by atoms with van der Waals surface area (Å²) in [5, 5.41) is 2.90. The first kappa shape index (κ1) is 22.0. The fourth-order valence-electron chi connectivity index (χ4n) is 4.26. The van der Waals surface area contributed by atoms with Crippen LogP contribution in [0, 0.1) is 13.8 Å². The molecule has 1 aliphatic heterocycles. The van der Waals surface area contributed by atoms with Crippen LogP contribution in [0.4, 0.5) is 13.2 Å². The number of carbonyl (C=O) groups is 1. The van der Waals surface area contributed by atoms with Gasteiger partial charge in [0.1, 0.15) is 11.4 Å². The molecule has 32 heavy (non-hydrogen) atoms. The van der Waals surface area contributed by atoms with E-state index in [1.165, 1.54) is 18.2 Å². The Hall–Kier alpha value is -3.26. The van der Waals surface area contributed by atoms with Gasteiger partial charge < -0.3 is 20.4 Å². The lowest BCUT2D eigenvalue weighted by molar-refractivity contribution is -0.274. The molecule has 0 saturated heterocycles. The Morgan fingerprint density at radius 2 is 1.88 bits per heavy atom. The molecule has 8 heteroatoms. The minimum atomic E-state index is -4.79. The van der Waals surface area contributed by atoms with E-state index in [9.17, 15) is 18.0 Å². The first-order valence-electron chi connectivity index (χ1n) is 10.4. The van der Waals surface area contributed by atoms with Crippen LogP contribution in [0.5, 0.6) is 5.75 Å². The van der Waals surface area contributed by atoms with E-state index in [2.05, 4.69) is 10.1 Å². The summed E-state index contributed by atoms with van der Waals surface area (Å²) in [6.07, 6.45) is -4.14. The molecule has 3 aromatic rings. The van der Waals surface area contributed by atoms with Gasteiger partial charge in [-0.25, -0.2) is 0 Å². The van der Waals surface area contributed by atoms with Crippen molar-refractivity contribution in [3.63, 3.8) is 0 Å². The van der Waals surface area contributed by atoms with Crippen LogP contribution in [0.25, 0.3) is 22.4 Å². The van der Waals surface area contributed by atoms with Crippen LogP contribution in [0.2, 0.25) is 0 Å². The molecule has 0 spiro atoms. The minimum absolute atomic E-state index is 0.0639. The Labute approximate surface area is 184 Å². The van der Waals surface area contributed by atoms with Gasteiger partial charge >= 0.3 is 6.36 Å². The maximum absolute atomic E-state index is 12.8. The normalized spacial score (nSPS) is 15.9. The van der Waals surface area contributed by atoms with E-state index in [-0.39, 0.29) is 17.7 Å². The van der Waals surface area contributed by atoms with Crippen molar-refractivity contribution < 1.29 is 22.7 Å². The molecule has 5 nitrogen and oxygen atoms in total. The Kier molecular flexibility index (Phi) is 5.73. The summed E-state index contributed by atoms with van der Waals surface area (Å²) >= 11 is 0. The van der Waals surface area contributed by atoms with Gasteiger partial charge in [-0.15, -0.1) is 13.2 Å². The molecule has 1 aromatic heterocycles. The molecule has 4 rings (SSSR count). The first-order chi connectivity index (χ1) is 15.2. The SMILES string of the molecule is Cc1cccc(-c2c(-c3cccc(OC(F)(F)F)c3)cc3n2C(CCN)CNC3=O)c1C. The van der Waals surface area contributed by atoms with Gasteiger partial charge in [0.25, 0.3) is 5.91 Å². The van der Waals surface area contributed by atoms with Gasteiger partial charge in [-0.3, -0.25) is 4.79 Å². The first-order valence-corrected chi connectivity index (χ1v) is 10.4. The molecule has 0 saturated carbocycles. The van der Waals surface area contributed by atoms with Crippen molar-refractivity contribution in [2.75, 3.05) is 13.1 Å². The lowest BCUT2D eigenvalue weighted by Gasteiger charge is -2.29. The number of benzene rings is 2. The highest BCUT2D eigenvalue weighted by molar-refractivity contribution is 5.99. The number of nitrogens with one attached hydrogen (secondary N) is 1. The van der Waals surface area contributed by atoms with Gasteiger partial charge in [-0.05, 0) is 61.7 Å². The van der Waals surface area contributed by atoms with Gasteiger partial charge in [-0.2, -0.15) is 0 Å². The van der Waals surface area contributed by atoms with E-state index >= 15 is 0 Å². The highest BCUT2D eigenvalue weighted by atomic mass is 19.4. The molecule has 168 valence electrons. The van der Waals surface area contributed by atoms with Crippen LogP contribution < -0.4 is 15.8 Å². The van der Waals surface area contributed by atoms with Gasteiger partial charge in [0.15, 0.2) is 0 Å². The van der Waals surface area contributed by atoms with Crippen molar-refractivity contribution in [3.8, 4) is 28.1 Å². The summed E-state index contributed by atoms with van der Waals surface area (Å²) in [7, 11) is 0. The second-order valence-corrected chi connectivity index (χ2v) is 7.93. The van der Waals surface area contributed by atoms with Crippen molar-refractivity contribution in [1.29, 1.82) is 0 Å². The maximum Gasteiger partial charge on any atom is 0.573 e. The molecule has 1 amide bonds. The van der Waals surface area contributed by atoms with E-state index in [1.807, 2.05) is 36.6 Å². The van der Waals surface area contributed by atoms with Gasteiger partial charge in [0.2, 0.25) is 0 Å². The zero-order valence-corrected chi connectivity index (χ0v) is 17.8. The number of nitrogens with zero attached hydrogens (tertiary/aromatic N) is 1. The summed E-state index contributed by atoms with van der Waals surface area (Å²) in [6.45, 7) is 4.87. The molecule has 0 aliphatic carbocycles. The number of amides is 1. The average molecular weight is 443 g/mol. The number of hydrogen-bond donors (Lipinski definition) is 2. The highest BCUT2D eigenvalue weighted by Gasteiger charge is 2.33. The molecule has 3 N–H and O–H groups in total. The zero-order valence-electron chi connectivity index (χ0n) is 17.8. The Morgan fingerprint density at radius 3 is 2.59 bits per heavy atom. The third-order valence-electron chi connectivity index (χ3n) is 5.87. The van der Waals surface area contributed by atoms with Crippen molar-refractivity contribution in [1.82, 2.24) is 9.88 Å². The van der Waals surface area contributed by atoms with Gasteiger partial charge in [0, 0.05) is 17.7 Å². The molecule has 1 unspecified atom stereocenters. The standard InChI is InChI=1S/C24H24F3N3O2/c1-14-5-3-8-19(15(14)2)22-20(16-6-4-7-18(11-16)32-24(25,26)27)12-21-23(31)29-13-17(9-10-28)30(21)22/h3-8,11-12,17H,9-10,13,28H2,1-2H3,(H,29,31). The number of nitrogens with two attached hydrogens (primary N) is 1. The second-order valence-electron chi connectivity index (χ2n) is 7.93. The number of ether oxygens (including phenoxy) is 1. The van der Waals surface area contributed by atoms with Crippen LogP contribution in [-0.4, -0.2) is 29.9 Å². The summed E-state index contributed by atoms with van der Waals surface area (Å²) in [5.41, 5.74) is 11.3. The van der Waals surface area contributed by atoms with E-state index in [0.717, 1.165) is 22.4 Å². The number of alkyl halides is 3. The number of aryl methyl sites for hydroxylation is 1. The molecule has 2 heterocycles. The quantitative estimate of drug-likeness (QED) is 0.585. The fourth-order valence-corrected chi connectivity index (χ4v) is 4.26. The van der Waals surface area contributed by atoms with Crippen molar-refractivity contribution in [2.45, 2.75) is 32.7 Å². The highest BCUT2D eigenvalue weighted by Crippen LogP contribution is 2.42. The number of halogens is 3. The molecule has 2 aromatic carbocycles. The van der Waals surface area contributed by atoms with Crippen LogP contribution >= 0.6 is 0 Å². The number of fused-ring (bicyclic) bond motifs is 1. The predicted octanol–water partition coefficient (Wildman–Crippen LogP) is 4.97. The lowest BCUT2D eigenvalue weighted by atomic mass is 9.95. The predicted molar refractivity (Wildman–Crippen MR) is 117 cm³/mol. The van der Waals surface area contributed by atoms with E-state index in [4.69, 9.17) is 5.73 Å². The maximum atomic E-state index is 12.8. The molecule has 1 atom stereocenters. The molecule has 0 radical (unpaired) electrons. The number of hydrogen-bond acceptors (Lipinski definition) is 3. The largest absolute Gasteiger partial charge is 0.573 e. The van der Waals surface area contributed by atoms with E-state index in [0.29, 0.717) is 36.3 Å². The fraction of sp³-hybridized carbons (Fsp3) is 0.292. The summed E-state index contributed by atoms with van der Waals surface area (Å²) in [5.74, 6) is -0.534. The number of carbonyl (C=O) groups excluding carboxylic acids is 1. The molecular formula is C24H24F3N3O2. The summed E-state index contributed by atoms with van der Waals surface area (Å²) in [4.78, 5) is 12.7. The van der Waals surface area contributed by atoms with Crippen molar-refractivity contribution in [2.24, 2.45) is 5.73 Å². The van der Waals surface area contributed by atoms with Crippen LogP contribution in [0.15, 0.2) is 48.5 Å². The lowest BCUT2D eigenvalue weighted by Crippen LogP contribution is -2.39. The third kappa shape index (κ3) is 4.10. The number of rotatable bonds is 5. The molecule has 0 fully saturated rings. The Bertz CT molecular complexity index is 1170. The van der Waals surface area contributed by atoms with Crippen LogP contribution in [0.1, 0.15) is 34.1 Å². The van der Waals surface area contributed by atoms with E-state index in [1.54, 1.807) is 12.1 Å². The Balaban J connectivity index is 1.98. The van der Waals surface area contributed by atoms with E-state index < -0.39 is 6.36 Å². The minimum Gasteiger partial charge on any atom is -0.406 e. The average Bonchev–Trinajstić information content (AvgIpc) is 3.13. The van der Waals surface area contributed by atoms with Crippen LogP contribution in [0.3, 0.4) is 0 Å². The monoisotopic (exact) mass is 443 g/mol. The smallest absolute Gasteiger partial charge is 0.406 e. The van der Waals surface area contributed by atoms with Gasteiger partial charge in [0.05, 0.1) is 11.7 Å². The third-order valence-corrected chi connectivity index (χ3v) is 5.87. The van der Waals surface area contributed by atoms with Crippen LogP contribution in [-0.2, 0) is 0 Å².